The fourth-order valence-corrected chi connectivity index (χ4v) is 3.88. The van der Waals surface area contributed by atoms with Crippen molar-refractivity contribution in [2.24, 2.45) is 5.92 Å². The third kappa shape index (κ3) is 2.50. The summed E-state index contributed by atoms with van der Waals surface area (Å²) in [5, 5.41) is 1.64. The van der Waals surface area contributed by atoms with Gasteiger partial charge in [-0.3, -0.25) is 0 Å². The van der Waals surface area contributed by atoms with E-state index in [1.54, 1.807) is 5.38 Å². The molecule has 1 heterocycles. The molecule has 15 heavy (non-hydrogen) atoms. The highest BCUT2D eigenvalue weighted by Crippen LogP contribution is 2.33. The average Bonchev–Trinajstić information content (AvgIpc) is 2.88. The molecule has 0 spiro atoms. The Hall–Kier alpha value is -0.590. The molecule has 2 rings (SSSR count). The molecule has 1 aliphatic carbocycles. The summed E-state index contributed by atoms with van der Waals surface area (Å²) in [6.45, 7) is 1.91. The van der Waals surface area contributed by atoms with Crippen LogP contribution >= 0.6 is 11.3 Å². The largest absolute Gasteiger partial charge is 0.398 e. The van der Waals surface area contributed by atoms with Crippen LogP contribution < -0.4 is 10.5 Å². The molecule has 0 amide bonds. The van der Waals surface area contributed by atoms with Crippen LogP contribution in [-0.4, -0.2) is 14.5 Å². The molecule has 1 aliphatic rings. The van der Waals surface area contributed by atoms with Crippen molar-refractivity contribution in [1.29, 1.82) is 0 Å². The van der Waals surface area contributed by atoms with Gasteiger partial charge in [0.2, 0.25) is 10.0 Å². The van der Waals surface area contributed by atoms with Crippen LogP contribution in [0.4, 0.5) is 5.69 Å². The highest BCUT2D eigenvalue weighted by molar-refractivity contribution is 7.91. The van der Waals surface area contributed by atoms with Gasteiger partial charge in [0.05, 0.1) is 0 Å². The van der Waals surface area contributed by atoms with Gasteiger partial charge in [0.25, 0.3) is 0 Å². The first-order valence-electron chi connectivity index (χ1n) is 4.85. The summed E-state index contributed by atoms with van der Waals surface area (Å²) in [5.41, 5.74) is 6.00. The highest BCUT2D eigenvalue weighted by atomic mass is 32.2. The van der Waals surface area contributed by atoms with Gasteiger partial charge in [-0.15, -0.1) is 11.3 Å². The topological polar surface area (TPSA) is 72.2 Å². The highest BCUT2D eigenvalue weighted by Gasteiger charge is 2.31. The van der Waals surface area contributed by atoms with E-state index in [2.05, 4.69) is 4.72 Å². The fourth-order valence-electron chi connectivity index (χ4n) is 1.47. The van der Waals surface area contributed by atoms with E-state index in [0.717, 1.165) is 24.2 Å². The number of hydrogen-bond donors (Lipinski definition) is 2. The van der Waals surface area contributed by atoms with Crippen molar-refractivity contribution in [2.45, 2.75) is 30.0 Å². The normalized spacial score (nSPS) is 19.0. The lowest BCUT2D eigenvalue weighted by Crippen LogP contribution is -2.33. The average molecular weight is 246 g/mol. The zero-order valence-corrected chi connectivity index (χ0v) is 10.1. The second kappa shape index (κ2) is 3.77. The first-order valence-corrected chi connectivity index (χ1v) is 7.21. The summed E-state index contributed by atoms with van der Waals surface area (Å²) in [7, 11) is -3.36. The maximum atomic E-state index is 11.8. The molecule has 1 atom stereocenters. The van der Waals surface area contributed by atoms with Crippen LogP contribution in [0.1, 0.15) is 19.8 Å². The molecule has 1 saturated carbocycles. The summed E-state index contributed by atoms with van der Waals surface area (Å²) in [6, 6.07) is 1.52. The van der Waals surface area contributed by atoms with Crippen LogP contribution in [0.25, 0.3) is 0 Å². The van der Waals surface area contributed by atoms with E-state index in [-0.39, 0.29) is 6.04 Å². The van der Waals surface area contributed by atoms with Gasteiger partial charge >= 0.3 is 0 Å². The van der Waals surface area contributed by atoms with Crippen molar-refractivity contribution in [1.82, 2.24) is 4.72 Å². The molecule has 1 aromatic heterocycles. The summed E-state index contributed by atoms with van der Waals surface area (Å²) >= 11 is 1.16. The third-order valence-electron chi connectivity index (χ3n) is 2.53. The molecular formula is C9H14N2O2S2. The van der Waals surface area contributed by atoms with Gasteiger partial charge in [-0.1, -0.05) is 0 Å². The second-order valence-electron chi connectivity index (χ2n) is 3.95. The van der Waals surface area contributed by atoms with Crippen molar-refractivity contribution in [2.75, 3.05) is 5.73 Å². The number of nitrogens with one attached hydrogen (secondary N) is 1. The second-order valence-corrected chi connectivity index (χ2v) is 6.80. The predicted octanol–water partition coefficient (Wildman–Crippen LogP) is 1.41. The number of thiophene rings is 1. The number of rotatable bonds is 4. The van der Waals surface area contributed by atoms with Crippen molar-refractivity contribution in [3.8, 4) is 0 Å². The van der Waals surface area contributed by atoms with Crippen LogP contribution in [-0.2, 0) is 10.0 Å². The number of nitrogen functional groups attached to an aromatic ring is 1. The van der Waals surface area contributed by atoms with E-state index in [9.17, 15) is 8.42 Å². The van der Waals surface area contributed by atoms with Gasteiger partial charge in [-0.05, 0) is 31.7 Å². The molecule has 84 valence electrons. The molecule has 0 saturated heterocycles. The summed E-state index contributed by atoms with van der Waals surface area (Å²) < 4.78 is 26.6. The number of hydrogen-bond acceptors (Lipinski definition) is 4. The first-order chi connectivity index (χ1) is 6.99. The molecule has 3 N–H and O–H groups in total. The minimum absolute atomic E-state index is 0.0262. The van der Waals surface area contributed by atoms with E-state index in [1.165, 1.54) is 6.07 Å². The molecule has 6 heteroatoms. The number of anilines is 1. The van der Waals surface area contributed by atoms with Gasteiger partial charge in [0, 0.05) is 17.1 Å². The van der Waals surface area contributed by atoms with Gasteiger partial charge in [0.1, 0.15) is 4.21 Å². The van der Waals surface area contributed by atoms with Gasteiger partial charge < -0.3 is 5.73 Å². The smallest absolute Gasteiger partial charge is 0.250 e. The predicted molar refractivity (Wildman–Crippen MR) is 61.2 cm³/mol. The lowest BCUT2D eigenvalue weighted by atomic mass is 10.2. The number of sulfonamides is 1. The summed E-state index contributed by atoms with van der Waals surface area (Å²) in [6.07, 6.45) is 2.24. The van der Waals surface area contributed by atoms with Crippen molar-refractivity contribution < 1.29 is 8.42 Å². The third-order valence-corrected chi connectivity index (χ3v) is 5.55. The molecule has 1 aromatic rings. The Morgan fingerprint density at radius 1 is 1.60 bits per heavy atom. The lowest BCUT2D eigenvalue weighted by Gasteiger charge is -2.11. The van der Waals surface area contributed by atoms with Gasteiger partial charge in [0.15, 0.2) is 0 Å². The molecule has 4 nitrogen and oxygen atoms in total. The molecule has 0 bridgehead atoms. The minimum Gasteiger partial charge on any atom is -0.398 e. The molecule has 0 aliphatic heterocycles. The van der Waals surface area contributed by atoms with Crippen molar-refractivity contribution in [3.05, 3.63) is 11.4 Å². The molecule has 0 aromatic carbocycles. The van der Waals surface area contributed by atoms with E-state index in [1.807, 2.05) is 6.92 Å². The van der Waals surface area contributed by atoms with Gasteiger partial charge in [-0.25, -0.2) is 13.1 Å². The Kier molecular flexibility index (Phi) is 2.74. The first kappa shape index (κ1) is 10.9. The zero-order chi connectivity index (χ0) is 11.1. The van der Waals surface area contributed by atoms with Crippen LogP contribution in [0.15, 0.2) is 15.7 Å². The van der Waals surface area contributed by atoms with Crippen LogP contribution in [0, 0.1) is 5.92 Å². The quantitative estimate of drug-likeness (QED) is 0.843. The molecular weight excluding hydrogens is 232 g/mol. The SMILES string of the molecule is CC(NS(=O)(=O)c1cc(N)cs1)C1CC1. The standard InChI is InChI=1S/C9H14N2O2S2/c1-6(7-2-3-7)11-15(12,13)9-4-8(10)5-14-9/h4-7,11H,2-3,10H2,1H3. The fraction of sp³-hybridized carbons (Fsp3) is 0.556. The van der Waals surface area contributed by atoms with E-state index < -0.39 is 10.0 Å². The molecule has 0 radical (unpaired) electrons. The lowest BCUT2D eigenvalue weighted by molar-refractivity contribution is 0.540. The van der Waals surface area contributed by atoms with E-state index >= 15 is 0 Å². The molecule has 1 fully saturated rings. The van der Waals surface area contributed by atoms with Gasteiger partial charge in [-0.2, -0.15) is 0 Å². The Labute approximate surface area is 93.5 Å². The summed E-state index contributed by atoms with van der Waals surface area (Å²) in [4.78, 5) is 0. The Morgan fingerprint density at radius 3 is 2.73 bits per heavy atom. The summed E-state index contributed by atoms with van der Waals surface area (Å²) in [5.74, 6) is 0.511. The van der Waals surface area contributed by atoms with Crippen LogP contribution in [0.3, 0.4) is 0 Å². The Bertz CT molecular complexity index is 448. The number of nitrogens with two attached hydrogens (primary N) is 1. The minimum atomic E-state index is -3.36. The van der Waals surface area contributed by atoms with E-state index in [0.29, 0.717) is 15.8 Å². The van der Waals surface area contributed by atoms with Crippen LogP contribution in [0.2, 0.25) is 0 Å². The Balaban J connectivity index is 2.12. The van der Waals surface area contributed by atoms with Crippen molar-refractivity contribution >= 4 is 27.0 Å². The monoisotopic (exact) mass is 246 g/mol. The van der Waals surface area contributed by atoms with E-state index in [4.69, 9.17) is 5.73 Å². The molecule has 1 unspecified atom stereocenters. The van der Waals surface area contributed by atoms with Crippen LogP contribution in [0.5, 0.6) is 0 Å². The maximum Gasteiger partial charge on any atom is 0.250 e. The zero-order valence-electron chi connectivity index (χ0n) is 8.43. The maximum absolute atomic E-state index is 11.8. The van der Waals surface area contributed by atoms with Crippen molar-refractivity contribution in [3.63, 3.8) is 0 Å². The Morgan fingerprint density at radius 2 is 2.27 bits per heavy atom.